The highest BCUT2D eigenvalue weighted by molar-refractivity contribution is 7.92. The topological polar surface area (TPSA) is 81.2 Å². The van der Waals surface area contributed by atoms with Crippen molar-refractivity contribution in [3.63, 3.8) is 0 Å². The van der Waals surface area contributed by atoms with Crippen molar-refractivity contribution in [3.05, 3.63) is 17.5 Å². The lowest BCUT2D eigenvalue weighted by molar-refractivity contribution is 0.217. The van der Waals surface area contributed by atoms with E-state index in [4.69, 9.17) is 11.6 Å². The number of hydrogen-bond acceptors (Lipinski definition) is 5. The molecule has 1 aromatic heterocycles. The molecule has 0 spiro atoms. The zero-order chi connectivity index (χ0) is 11.3. The first-order chi connectivity index (χ1) is 7.03. The summed E-state index contributed by atoms with van der Waals surface area (Å²) in [4.78, 5) is 7.43. The van der Waals surface area contributed by atoms with E-state index in [2.05, 4.69) is 19.4 Å². The molecule has 0 saturated heterocycles. The fourth-order valence-corrected chi connectivity index (χ4v) is 1.78. The second kappa shape index (κ2) is 5.24. The van der Waals surface area contributed by atoms with Crippen molar-refractivity contribution in [2.24, 2.45) is 0 Å². The molecule has 0 bridgehead atoms. The quantitative estimate of drug-likeness (QED) is 0.825. The van der Waals surface area contributed by atoms with Gasteiger partial charge in [-0.25, -0.2) is 18.4 Å². The van der Waals surface area contributed by atoms with Gasteiger partial charge in [0.25, 0.3) is 0 Å². The number of anilines is 1. The average Bonchev–Trinajstić information content (AvgIpc) is 2.18. The first kappa shape index (κ1) is 12.2. The van der Waals surface area contributed by atoms with Crippen molar-refractivity contribution in [2.75, 3.05) is 24.2 Å². The molecule has 15 heavy (non-hydrogen) atoms. The predicted molar refractivity (Wildman–Crippen MR) is 56.3 cm³/mol. The van der Waals surface area contributed by atoms with Gasteiger partial charge in [0, 0.05) is 7.11 Å². The molecule has 1 heterocycles. The first-order valence-electron chi connectivity index (χ1n) is 4.00. The van der Waals surface area contributed by atoms with Gasteiger partial charge in [-0.3, -0.25) is 4.72 Å². The Morgan fingerprint density at radius 3 is 2.73 bits per heavy atom. The predicted octanol–water partition coefficient (Wildman–Crippen LogP) is 0.518. The molecule has 0 aromatic carbocycles. The van der Waals surface area contributed by atoms with Gasteiger partial charge in [-0.1, -0.05) is 11.6 Å². The molecule has 0 amide bonds. The highest BCUT2D eigenvalue weighted by Gasteiger charge is 2.10. The monoisotopic (exact) mass is 251 g/mol. The molecule has 0 saturated carbocycles. The minimum absolute atomic E-state index is 0.121. The van der Waals surface area contributed by atoms with E-state index in [1.807, 2.05) is 0 Å². The van der Waals surface area contributed by atoms with Gasteiger partial charge >= 0.3 is 0 Å². The van der Waals surface area contributed by atoms with Gasteiger partial charge in [-0.2, -0.15) is 0 Å². The van der Waals surface area contributed by atoms with Crippen molar-refractivity contribution >= 4 is 27.4 Å². The van der Waals surface area contributed by atoms with Crippen molar-refractivity contribution in [3.8, 4) is 0 Å². The minimum Gasteiger partial charge on any atom is -0.384 e. The van der Waals surface area contributed by atoms with Crippen LogP contribution >= 0.6 is 11.6 Å². The van der Waals surface area contributed by atoms with E-state index in [0.29, 0.717) is 0 Å². The van der Waals surface area contributed by atoms with Crippen LogP contribution in [0.2, 0.25) is 5.15 Å². The Balaban J connectivity index is 2.65. The van der Waals surface area contributed by atoms with E-state index >= 15 is 0 Å². The molecule has 0 aliphatic rings. The number of ether oxygens (including phenoxy) is 1. The molecule has 8 heteroatoms. The molecule has 0 atom stereocenters. The maximum atomic E-state index is 11.4. The fourth-order valence-electron chi connectivity index (χ4n) is 0.768. The zero-order valence-electron chi connectivity index (χ0n) is 7.97. The number of halogens is 1. The van der Waals surface area contributed by atoms with E-state index in [1.54, 1.807) is 0 Å². The lowest BCUT2D eigenvalue weighted by Crippen LogP contribution is -2.20. The number of rotatable bonds is 5. The Hall–Kier alpha value is -0.920. The highest BCUT2D eigenvalue weighted by atomic mass is 35.5. The number of nitrogens with one attached hydrogen (secondary N) is 1. The van der Waals surface area contributed by atoms with E-state index in [0.717, 1.165) is 0 Å². The first-order valence-corrected chi connectivity index (χ1v) is 6.03. The molecule has 0 radical (unpaired) electrons. The molecular weight excluding hydrogens is 242 g/mol. The van der Waals surface area contributed by atoms with Gasteiger partial charge in [-0.15, -0.1) is 0 Å². The standard InChI is InChI=1S/C7H10ClN3O3S/c1-14-2-3-15(12,13)11-7-5-9-6(8)4-10-7/h4-5H,2-3H2,1H3,(H,10,11). The van der Waals surface area contributed by atoms with Crippen LogP contribution in [0.25, 0.3) is 0 Å². The third-order valence-electron chi connectivity index (χ3n) is 1.44. The number of nitrogens with zero attached hydrogens (tertiary/aromatic N) is 2. The van der Waals surface area contributed by atoms with Crippen molar-refractivity contribution < 1.29 is 13.2 Å². The number of sulfonamides is 1. The number of methoxy groups -OCH3 is 1. The summed E-state index contributed by atoms with van der Waals surface area (Å²) < 4.78 is 29.6. The van der Waals surface area contributed by atoms with Crippen molar-refractivity contribution in [1.82, 2.24) is 9.97 Å². The van der Waals surface area contributed by atoms with E-state index in [-0.39, 0.29) is 23.3 Å². The summed E-state index contributed by atoms with van der Waals surface area (Å²) in [6.07, 6.45) is 2.50. The molecule has 1 rings (SSSR count). The number of aromatic nitrogens is 2. The smallest absolute Gasteiger partial charge is 0.236 e. The van der Waals surface area contributed by atoms with Gasteiger partial charge in [0.2, 0.25) is 10.0 Å². The summed E-state index contributed by atoms with van der Waals surface area (Å²) in [5.41, 5.74) is 0. The van der Waals surface area contributed by atoms with Gasteiger partial charge < -0.3 is 4.74 Å². The summed E-state index contributed by atoms with van der Waals surface area (Å²) in [6.45, 7) is 0.121. The lowest BCUT2D eigenvalue weighted by atomic mass is 10.7. The van der Waals surface area contributed by atoms with Gasteiger partial charge in [0.05, 0.1) is 24.8 Å². The Kier molecular flexibility index (Phi) is 4.25. The van der Waals surface area contributed by atoms with Crippen molar-refractivity contribution in [2.45, 2.75) is 0 Å². The number of hydrogen-bond donors (Lipinski definition) is 1. The molecule has 0 unspecified atom stereocenters. The second-order valence-electron chi connectivity index (χ2n) is 2.64. The summed E-state index contributed by atoms with van der Waals surface area (Å²) in [5, 5.41) is 0.204. The third kappa shape index (κ3) is 4.41. The van der Waals surface area contributed by atoms with E-state index in [1.165, 1.54) is 19.5 Å². The molecule has 1 N–H and O–H groups in total. The van der Waals surface area contributed by atoms with Gasteiger partial charge in [0.1, 0.15) is 5.15 Å². The highest BCUT2D eigenvalue weighted by Crippen LogP contribution is 2.07. The van der Waals surface area contributed by atoms with Crippen LogP contribution in [0.3, 0.4) is 0 Å². The summed E-state index contributed by atoms with van der Waals surface area (Å²) in [7, 11) is -2.00. The lowest BCUT2D eigenvalue weighted by Gasteiger charge is -2.05. The van der Waals surface area contributed by atoms with Gasteiger partial charge in [-0.05, 0) is 0 Å². The van der Waals surface area contributed by atoms with Gasteiger partial charge in [0.15, 0.2) is 5.82 Å². The largest absolute Gasteiger partial charge is 0.384 e. The van der Waals surface area contributed by atoms with E-state index < -0.39 is 10.0 Å². The molecule has 1 aromatic rings. The van der Waals surface area contributed by atoms with E-state index in [9.17, 15) is 8.42 Å². The second-order valence-corrected chi connectivity index (χ2v) is 4.87. The van der Waals surface area contributed by atoms with Crippen LogP contribution < -0.4 is 4.72 Å². The maximum absolute atomic E-state index is 11.4. The molecule has 6 nitrogen and oxygen atoms in total. The molecular formula is C7H10ClN3O3S. The van der Waals surface area contributed by atoms with Crippen LogP contribution in [0.5, 0.6) is 0 Å². The SMILES string of the molecule is COCCS(=O)(=O)Nc1cnc(Cl)cn1. The van der Waals surface area contributed by atoms with Crippen LogP contribution in [-0.4, -0.2) is 37.9 Å². The molecule has 0 fully saturated rings. The normalized spacial score (nSPS) is 11.3. The Morgan fingerprint density at radius 2 is 2.20 bits per heavy atom. The molecule has 0 aliphatic carbocycles. The molecule has 0 aliphatic heterocycles. The summed E-state index contributed by atoms with van der Waals surface area (Å²) >= 11 is 5.50. The van der Waals surface area contributed by atoms with Crippen LogP contribution in [0.4, 0.5) is 5.82 Å². The minimum atomic E-state index is -3.43. The Morgan fingerprint density at radius 1 is 1.47 bits per heavy atom. The van der Waals surface area contributed by atoms with Crippen LogP contribution in [-0.2, 0) is 14.8 Å². The van der Waals surface area contributed by atoms with Crippen LogP contribution in [0, 0.1) is 0 Å². The summed E-state index contributed by atoms with van der Waals surface area (Å²) in [5.74, 6) is 0.00358. The average molecular weight is 252 g/mol. The van der Waals surface area contributed by atoms with Crippen LogP contribution in [0.15, 0.2) is 12.4 Å². The molecule has 84 valence electrons. The maximum Gasteiger partial charge on any atom is 0.236 e. The Labute approximate surface area is 92.7 Å². The van der Waals surface area contributed by atoms with Crippen LogP contribution in [0.1, 0.15) is 0 Å². The Bertz CT molecular complexity index is 406. The third-order valence-corrected chi connectivity index (χ3v) is 2.86. The zero-order valence-corrected chi connectivity index (χ0v) is 9.55. The summed E-state index contributed by atoms with van der Waals surface area (Å²) in [6, 6.07) is 0. The van der Waals surface area contributed by atoms with Crippen molar-refractivity contribution in [1.29, 1.82) is 0 Å². The fraction of sp³-hybridized carbons (Fsp3) is 0.429.